The van der Waals surface area contributed by atoms with Gasteiger partial charge in [-0.1, -0.05) is 23.2 Å². The standard InChI is InChI=1S/C9H8Cl2FN/c10-5-3-6(8-1-2-13-8)9(11)7(12)4-5/h3-4,8,13H,1-2H2/t8-/m1/s1. The molecule has 4 heteroatoms. The number of hydrogen-bond donors (Lipinski definition) is 1. The van der Waals surface area contributed by atoms with E-state index in [0.29, 0.717) is 5.02 Å². The second kappa shape index (κ2) is 3.45. The Morgan fingerprint density at radius 1 is 1.38 bits per heavy atom. The summed E-state index contributed by atoms with van der Waals surface area (Å²) in [6.45, 7) is 0.953. The van der Waals surface area contributed by atoms with Crippen LogP contribution in [-0.2, 0) is 0 Å². The molecule has 1 aromatic carbocycles. The topological polar surface area (TPSA) is 12.0 Å². The van der Waals surface area contributed by atoms with Gasteiger partial charge in [0.2, 0.25) is 0 Å². The number of halogens is 3. The predicted octanol–water partition coefficient (Wildman–Crippen LogP) is 3.17. The summed E-state index contributed by atoms with van der Waals surface area (Å²) >= 11 is 11.5. The van der Waals surface area contributed by atoms with Crippen LogP contribution in [0.4, 0.5) is 4.39 Å². The zero-order chi connectivity index (χ0) is 9.42. The van der Waals surface area contributed by atoms with Crippen molar-refractivity contribution in [1.29, 1.82) is 0 Å². The van der Waals surface area contributed by atoms with Crippen molar-refractivity contribution in [3.8, 4) is 0 Å². The molecule has 0 bridgehead atoms. The average Bonchev–Trinajstić information content (AvgIpc) is 1.95. The summed E-state index contributed by atoms with van der Waals surface area (Å²) in [7, 11) is 0. The summed E-state index contributed by atoms with van der Waals surface area (Å²) in [4.78, 5) is 0. The Hall–Kier alpha value is -0.310. The van der Waals surface area contributed by atoms with Crippen molar-refractivity contribution in [2.75, 3.05) is 6.54 Å². The number of nitrogens with one attached hydrogen (secondary N) is 1. The molecular formula is C9H8Cl2FN. The van der Waals surface area contributed by atoms with Crippen LogP contribution in [0, 0.1) is 5.82 Å². The van der Waals surface area contributed by atoms with Gasteiger partial charge in [0.25, 0.3) is 0 Å². The zero-order valence-corrected chi connectivity index (χ0v) is 8.29. The molecule has 1 aliphatic heterocycles. The van der Waals surface area contributed by atoms with Crippen molar-refractivity contribution < 1.29 is 4.39 Å². The van der Waals surface area contributed by atoms with E-state index in [1.165, 1.54) is 6.07 Å². The first-order chi connectivity index (χ1) is 6.18. The Morgan fingerprint density at radius 2 is 2.08 bits per heavy atom. The Labute approximate surface area is 85.8 Å². The van der Waals surface area contributed by atoms with Crippen LogP contribution in [0.1, 0.15) is 18.0 Å². The highest BCUT2D eigenvalue weighted by Gasteiger charge is 2.22. The van der Waals surface area contributed by atoms with Gasteiger partial charge in [0, 0.05) is 11.1 Å². The molecule has 0 aromatic heterocycles. The van der Waals surface area contributed by atoms with Crippen LogP contribution in [0.3, 0.4) is 0 Å². The molecule has 1 N–H and O–H groups in total. The fourth-order valence-corrected chi connectivity index (χ4v) is 1.84. The minimum atomic E-state index is -0.446. The van der Waals surface area contributed by atoms with E-state index in [1.807, 2.05) is 0 Å². The minimum absolute atomic E-state index is 0.167. The second-order valence-corrected chi connectivity index (χ2v) is 3.90. The smallest absolute Gasteiger partial charge is 0.143 e. The van der Waals surface area contributed by atoms with E-state index in [1.54, 1.807) is 6.07 Å². The largest absolute Gasteiger partial charge is 0.310 e. The summed E-state index contributed by atoms with van der Waals surface area (Å²) in [5.74, 6) is -0.446. The molecule has 1 atom stereocenters. The molecule has 1 aliphatic rings. The van der Waals surface area contributed by atoms with Crippen molar-refractivity contribution in [3.05, 3.63) is 33.6 Å². The van der Waals surface area contributed by atoms with E-state index in [-0.39, 0.29) is 11.1 Å². The molecule has 0 spiro atoms. The lowest BCUT2D eigenvalue weighted by Crippen LogP contribution is -2.35. The van der Waals surface area contributed by atoms with Crippen molar-refractivity contribution in [2.24, 2.45) is 0 Å². The van der Waals surface area contributed by atoms with Crippen LogP contribution in [0.5, 0.6) is 0 Å². The monoisotopic (exact) mass is 219 g/mol. The molecule has 13 heavy (non-hydrogen) atoms. The number of hydrogen-bond acceptors (Lipinski definition) is 1. The van der Waals surface area contributed by atoms with Crippen molar-refractivity contribution >= 4 is 23.2 Å². The van der Waals surface area contributed by atoms with Gasteiger partial charge in [-0.25, -0.2) is 4.39 Å². The highest BCUT2D eigenvalue weighted by atomic mass is 35.5. The number of rotatable bonds is 1. The van der Waals surface area contributed by atoms with Crippen LogP contribution in [0.25, 0.3) is 0 Å². The molecule has 0 radical (unpaired) electrons. The van der Waals surface area contributed by atoms with E-state index < -0.39 is 5.82 Å². The Kier molecular flexibility index (Phi) is 2.45. The van der Waals surface area contributed by atoms with E-state index in [9.17, 15) is 4.39 Å². The van der Waals surface area contributed by atoms with Crippen molar-refractivity contribution in [3.63, 3.8) is 0 Å². The Bertz CT molecular complexity index is 337. The van der Waals surface area contributed by atoms with Crippen LogP contribution >= 0.6 is 23.2 Å². The normalized spacial score (nSPS) is 21.3. The van der Waals surface area contributed by atoms with Gasteiger partial charge < -0.3 is 5.32 Å². The SMILES string of the molecule is Fc1cc(Cl)cc([C@H]2CCN2)c1Cl. The summed E-state index contributed by atoms with van der Waals surface area (Å²) < 4.78 is 13.1. The molecule has 1 saturated heterocycles. The number of benzene rings is 1. The third-order valence-electron chi connectivity index (χ3n) is 2.22. The summed E-state index contributed by atoms with van der Waals surface area (Å²) in [6, 6.07) is 3.11. The van der Waals surface area contributed by atoms with Crippen molar-refractivity contribution in [1.82, 2.24) is 5.32 Å². The molecule has 2 rings (SSSR count). The van der Waals surface area contributed by atoms with Crippen LogP contribution in [0.2, 0.25) is 10.0 Å². The maximum atomic E-state index is 13.1. The molecule has 1 heterocycles. The van der Waals surface area contributed by atoms with Gasteiger partial charge in [-0.05, 0) is 30.7 Å². The zero-order valence-electron chi connectivity index (χ0n) is 6.78. The van der Waals surface area contributed by atoms with Crippen LogP contribution in [0.15, 0.2) is 12.1 Å². The molecule has 0 amide bonds. The lowest BCUT2D eigenvalue weighted by Gasteiger charge is -2.28. The highest BCUT2D eigenvalue weighted by Crippen LogP contribution is 2.33. The molecule has 0 unspecified atom stereocenters. The van der Waals surface area contributed by atoms with E-state index in [0.717, 1.165) is 18.5 Å². The van der Waals surface area contributed by atoms with Gasteiger partial charge in [-0.15, -0.1) is 0 Å². The van der Waals surface area contributed by atoms with E-state index in [4.69, 9.17) is 23.2 Å². The minimum Gasteiger partial charge on any atom is -0.310 e. The molecule has 1 nitrogen and oxygen atoms in total. The second-order valence-electron chi connectivity index (χ2n) is 3.09. The fourth-order valence-electron chi connectivity index (χ4n) is 1.38. The van der Waals surface area contributed by atoms with Gasteiger partial charge in [0.05, 0.1) is 5.02 Å². The van der Waals surface area contributed by atoms with E-state index in [2.05, 4.69) is 5.32 Å². The maximum absolute atomic E-state index is 13.1. The Morgan fingerprint density at radius 3 is 2.62 bits per heavy atom. The fraction of sp³-hybridized carbons (Fsp3) is 0.333. The lowest BCUT2D eigenvalue weighted by molar-refractivity contribution is 0.382. The lowest BCUT2D eigenvalue weighted by atomic mass is 9.98. The van der Waals surface area contributed by atoms with Gasteiger partial charge in [-0.3, -0.25) is 0 Å². The average molecular weight is 220 g/mol. The van der Waals surface area contributed by atoms with Gasteiger partial charge in [0.15, 0.2) is 0 Å². The molecule has 0 saturated carbocycles. The maximum Gasteiger partial charge on any atom is 0.143 e. The molecular weight excluding hydrogens is 212 g/mol. The first kappa shape index (κ1) is 9.25. The summed E-state index contributed by atoms with van der Waals surface area (Å²) in [6.07, 6.45) is 0.986. The molecule has 0 aliphatic carbocycles. The van der Waals surface area contributed by atoms with Gasteiger partial charge in [-0.2, -0.15) is 0 Å². The first-order valence-corrected chi connectivity index (χ1v) is 4.82. The van der Waals surface area contributed by atoms with Gasteiger partial charge >= 0.3 is 0 Å². The van der Waals surface area contributed by atoms with Crippen molar-refractivity contribution in [2.45, 2.75) is 12.5 Å². The third-order valence-corrected chi connectivity index (χ3v) is 2.84. The molecule has 70 valence electrons. The summed E-state index contributed by atoms with van der Waals surface area (Å²) in [5.41, 5.74) is 0.762. The van der Waals surface area contributed by atoms with Crippen LogP contribution in [-0.4, -0.2) is 6.54 Å². The van der Waals surface area contributed by atoms with Gasteiger partial charge in [0.1, 0.15) is 5.82 Å². The third kappa shape index (κ3) is 1.66. The Balaban J connectivity index is 2.42. The highest BCUT2D eigenvalue weighted by molar-refractivity contribution is 6.33. The predicted molar refractivity (Wildman–Crippen MR) is 51.8 cm³/mol. The molecule has 1 fully saturated rings. The summed E-state index contributed by atoms with van der Waals surface area (Å²) in [5, 5.41) is 3.72. The quantitative estimate of drug-likeness (QED) is 0.716. The first-order valence-electron chi connectivity index (χ1n) is 4.06. The van der Waals surface area contributed by atoms with E-state index >= 15 is 0 Å². The van der Waals surface area contributed by atoms with Crippen LogP contribution < -0.4 is 5.32 Å². The molecule has 1 aromatic rings.